The van der Waals surface area contributed by atoms with Gasteiger partial charge in [-0.3, -0.25) is 19.3 Å². The van der Waals surface area contributed by atoms with Gasteiger partial charge < -0.3 is 14.4 Å². The Balaban J connectivity index is 1.80. The highest BCUT2D eigenvalue weighted by Crippen LogP contribution is 2.39. The summed E-state index contributed by atoms with van der Waals surface area (Å²) in [5.41, 5.74) is 0.806. The highest BCUT2D eigenvalue weighted by molar-refractivity contribution is 6.45. The second-order valence-corrected chi connectivity index (χ2v) is 6.98. The quantitative estimate of drug-likeness (QED) is 0.506. The molecule has 9 heteroatoms. The summed E-state index contributed by atoms with van der Waals surface area (Å²) in [6, 6.07) is 4.39. The first kappa shape index (κ1) is 20.6. The van der Waals surface area contributed by atoms with Gasteiger partial charge in [0.2, 0.25) is 5.91 Å². The summed E-state index contributed by atoms with van der Waals surface area (Å²) in [4.78, 5) is 52.9. The molecule has 5 amide bonds. The molecule has 0 N–H and O–H groups in total. The zero-order valence-electron chi connectivity index (χ0n) is 16.8. The first-order valence-electron chi connectivity index (χ1n) is 9.61. The van der Waals surface area contributed by atoms with Crippen molar-refractivity contribution in [1.82, 2.24) is 14.7 Å². The number of imide groups is 2. The van der Waals surface area contributed by atoms with Crippen molar-refractivity contribution in [3.63, 3.8) is 0 Å². The lowest BCUT2D eigenvalue weighted by Gasteiger charge is -2.28. The van der Waals surface area contributed by atoms with Gasteiger partial charge in [-0.05, 0) is 37.5 Å². The number of hydrogen-bond donors (Lipinski definition) is 0. The molecule has 0 bridgehead atoms. The standard InChI is InChI=1S/C20H25N3O6/c1-4-9-22-18(25)19(26)23(20(22)27)12-17(24)21-10-5-6-15(21)14-11-13(28-2)7-8-16(14)29-3/h7-8,11,15H,4-6,9-10,12H2,1-3H3/t15-/m1/s1. The van der Waals surface area contributed by atoms with E-state index in [4.69, 9.17) is 9.47 Å². The van der Waals surface area contributed by atoms with Crippen molar-refractivity contribution >= 4 is 23.8 Å². The molecule has 156 valence electrons. The van der Waals surface area contributed by atoms with Crippen LogP contribution in [0.15, 0.2) is 18.2 Å². The molecule has 29 heavy (non-hydrogen) atoms. The highest BCUT2D eigenvalue weighted by Gasteiger charge is 2.45. The highest BCUT2D eigenvalue weighted by atomic mass is 16.5. The van der Waals surface area contributed by atoms with Crippen LogP contribution in [0.3, 0.4) is 0 Å². The van der Waals surface area contributed by atoms with Crippen molar-refractivity contribution in [3.05, 3.63) is 23.8 Å². The average molecular weight is 403 g/mol. The fourth-order valence-electron chi connectivity index (χ4n) is 3.83. The van der Waals surface area contributed by atoms with Crippen LogP contribution in [0, 0.1) is 0 Å². The van der Waals surface area contributed by atoms with Crippen LogP contribution in [0.25, 0.3) is 0 Å². The van der Waals surface area contributed by atoms with Crippen molar-refractivity contribution in [2.45, 2.75) is 32.2 Å². The van der Waals surface area contributed by atoms with Crippen LogP contribution in [0.4, 0.5) is 4.79 Å². The molecule has 2 aliphatic rings. The Morgan fingerprint density at radius 2 is 1.83 bits per heavy atom. The van der Waals surface area contributed by atoms with Crippen molar-refractivity contribution in [2.75, 3.05) is 33.9 Å². The number of benzene rings is 1. The van der Waals surface area contributed by atoms with Crippen LogP contribution >= 0.6 is 0 Å². The Kier molecular flexibility index (Phi) is 6.05. The van der Waals surface area contributed by atoms with E-state index in [1.54, 1.807) is 38.2 Å². The molecular formula is C20H25N3O6. The molecule has 2 heterocycles. The van der Waals surface area contributed by atoms with E-state index in [0.717, 1.165) is 28.2 Å². The van der Waals surface area contributed by atoms with E-state index in [0.29, 0.717) is 24.5 Å². The molecule has 1 aromatic rings. The molecule has 0 aromatic heterocycles. The smallest absolute Gasteiger partial charge is 0.334 e. The average Bonchev–Trinajstić information content (AvgIpc) is 3.29. The Labute approximate surface area is 169 Å². The predicted octanol–water partition coefficient (Wildman–Crippen LogP) is 1.57. The molecule has 2 fully saturated rings. The van der Waals surface area contributed by atoms with Crippen LogP contribution in [-0.4, -0.2) is 72.3 Å². The number of carbonyl (C=O) groups is 4. The molecule has 2 aliphatic heterocycles. The minimum Gasteiger partial charge on any atom is -0.497 e. The predicted molar refractivity (Wildman–Crippen MR) is 102 cm³/mol. The number of hydrogen-bond acceptors (Lipinski definition) is 6. The van der Waals surface area contributed by atoms with Gasteiger partial charge in [0, 0.05) is 18.7 Å². The van der Waals surface area contributed by atoms with Gasteiger partial charge in [-0.2, -0.15) is 0 Å². The maximum atomic E-state index is 13.0. The number of urea groups is 1. The van der Waals surface area contributed by atoms with E-state index >= 15 is 0 Å². The summed E-state index contributed by atoms with van der Waals surface area (Å²) in [5, 5.41) is 0. The van der Waals surface area contributed by atoms with Gasteiger partial charge in [0.25, 0.3) is 0 Å². The molecule has 0 saturated carbocycles. The number of methoxy groups -OCH3 is 2. The molecule has 0 spiro atoms. The van der Waals surface area contributed by atoms with E-state index in [1.807, 2.05) is 6.07 Å². The van der Waals surface area contributed by atoms with E-state index in [9.17, 15) is 19.2 Å². The monoisotopic (exact) mass is 403 g/mol. The van der Waals surface area contributed by atoms with Crippen molar-refractivity contribution < 1.29 is 28.7 Å². The number of rotatable bonds is 7. The molecular weight excluding hydrogens is 378 g/mol. The second-order valence-electron chi connectivity index (χ2n) is 6.98. The van der Waals surface area contributed by atoms with Gasteiger partial charge in [-0.15, -0.1) is 0 Å². The number of carbonyl (C=O) groups excluding carboxylic acids is 4. The third-order valence-corrected chi connectivity index (χ3v) is 5.24. The lowest BCUT2D eigenvalue weighted by atomic mass is 10.0. The van der Waals surface area contributed by atoms with Crippen molar-refractivity contribution in [3.8, 4) is 11.5 Å². The van der Waals surface area contributed by atoms with Crippen LogP contribution in [0.1, 0.15) is 37.8 Å². The van der Waals surface area contributed by atoms with Gasteiger partial charge in [0.05, 0.1) is 20.3 Å². The molecule has 0 unspecified atom stereocenters. The topological polar surface area (TPSA) is 96.5 Å². The van der Waals surface area contributed by atoms with Crippen LogP contribution in [0.5, 0.6) is 11.5 Å². The first-order valence-corrected chi connectivity index (χ1v) is 9.61. The Hall–Kier alpha value is -3.10. The molecule has 0 radical (unpaired) electrons. The molecule has 3 rings (SSSR count). The second kappa shape index (κ2) is 8.50. The SMILES string of the molecule is CCCN1C(=O)C(=O)N(CC(=O)N2CCC[C@@H]2c2cc(OC)ccc2OC)C1=O. The van der Waals surface area contributed by atoms with E-state index in [2.05, 4.69) is 0 Å². The number of amides is 5. The minimum atomic E-state index is -0.952. The number of ether oxygens (including phenoxy) is 2. The van der Waals surface area contributed by atoms with E-state index in [1.165, 1.54) is 0 Å². The summed E-state index contributed by atoms with van der Waals surface area (Å²) in [6.07, 6.45) is 2.04. The van der Waals surface area contributed by atoms with Gasteiger partial charge in [-0.25, -0.2) is 9.69 Å². The van der Waals surface area contributed by atoms with Gasteiger partial charge >= 0.3 is 17.8 Å². The minimum absolute atomic E-state index is 0.154. The Morgan fingerprint density at radius 3 is 2.48 bits per heavy atom. The maximum absolute atomic E-state index is 13.0. The Bertz CT molecular complexity index is 840. The van der Waals surface area contributed by atoms with Gasteiger partial charge in [-0.1, -0.05) is 6.92 Å². The summed E-state index contributed by atoms with van der Waals surface area (Å²) in [7, 11) is 3.12. The lowest BCUT2D eigenvalue weighted by Crippen LogP contribution is -2.43. The number of nitrogens with zero attached hydrogens (tertiary/aromatic N) is 3. The maximum Gasteiger partial charge on any atom is 0.334 e. The molecule has 1 atom stereocenters. The summed E-state index contributed by atoms with van der Waals surface area (Å²) in [5.74, 6) is -0.937. The third-order valence-electron chi connectivity index (χ3n) is 5.24. The van der Waals surface area contributed by atoms with Crippen LogP contribution in [-0.2, 0) is 14.4 Å². The summed E-state index contributed by atoms with van der Waals surface area (Å²) in [6.45, 7) is 2.00. The fourth-order valence-corrected chi connectivity index (χ4v) is 3.83. The van der Waals surface area contributed by atoms with Crippen LogP contribution < -0.4 is 9.47 Å². The lowest BCUT2D eigenvalue weighted by molar-refractivity contribution is -0.145. The van der Waals surface area contributed by atoms with Gasteiger partial charge in [0.15, 0.2) is 0 Å². The van der Waals surface area contributed by atoms with Gasteiger partial charge in [0.1, 0.15) is 18.0 Å². The van der Waals surface area contributed by atoms with E-state index in [-0.39, 0.29) is 18.5 Å². The fraction of sp³-hybridized carbons (Fsp3) is 0.500. The molecule has 2 saturated heterocycles. The van der Waals surface area contributed by atoms with Crippen molar-refractivity contribution in [1.29, 1.82) is 0 Å². The largest absolute Gasteiger partial charge is 0.497 e. The van der Waals surface area contributed by atoms with Crippen molar-refractivity contribution in [2.24, 2.45) is 0 Å². The molecule has 1 aromatic carbocycles. The zero-order valence-corrected chi connectivity index (χ0v) is 16.8. The first-order chi connectivity index (χ1) is 13.9. The molecule has 0 aliphatic carbocycles. The third kappa shape index (κ3) is 3.76. The number of likely N-dealkylation sites (tertiary alicyclic amines) is 1. The zero-order chi connectivity index (χ0) is 21.1. The summed E-state index contributed by atoms with van der Waals surface area (Å²) >= 11 is 0. The summed E-state index contributed by atoms with van der Waals surface area (Å²) < 4.78 is 10.7. The Morgan fingerprint density at radius 1 is 1.10 bits per heavy atom. The van der Waals surface area contributed by atoms with Crippen LogP contribution in [0.2, 0.25) is 0 Å². The molecule has 9 nitrogen and oxygen atoms in total. The normalized spacial score (nSPS) is 19.3. The van der Waals surface area contributed by atoms with E-state index < -0.39 is 24.4 Å².